The number of hydrogen-bond acceptors (Lipinski definition) is 4. The molecule has 98 valence electrons. The van der Waals surface area contributed by atoms with Crippen LogP contribution in [0, 0.1) is 0 Å². The van der Waals surface area contributed by atoms with E-state index in [0.29, 0.717) is 13.0 Å². The largest absolute Gasteiger partial charge is 0.396 e. The Hall–Kier alpha value is 0.01000. The Labute approximate surface area is 114 Å². The van der Waals surface area contributed by atoms with Crippen LogP contribution in [0.1, 0.15) is 11.3 Å². The number of halogens is 1. The van der Waals surface area contributed by atoms with Crippen LogP contribution in [0.4, 0.5) is 0 Å². The molecule has 1 aromatic rings. The number of aliphatic hydroxyl groups excluding tert-OH is 1. The maximum absolute atomic E-state index is 11.7. The Morgan fingerprint density at radius 1 is 1.59 bits per heavy atom. The maximum Gasteiger partial charge on any atom is 0.279 e. The molecule has 0 saturated heterocycles. The zero-order chi connectivity index (χ0) is 12.9. The Kier molecular flexibility index (Phi) is 6.04. The van der Waals surface area contributed by atoms with Crippen molar-refractivity contribution in [3.05, 3.63) is 20.8 Å². The lowest BCUT2D eigenvalue weighted by molar-refractivity contribution is 0.275. The van der Waals surface area contributed by atoms with Crippen LogP contribution in [0.2, 0.25) is 0 Å². The molecule has 0 aliphatic heterocycles. The Balaban J connectivity index is 2.49. The molecule has 1 heterocycles. The summed E-state index contributed by atoms with van der Waals surface area (Å²) in [5.74, 6) is 0. The number of rotatable bonds is 7. The first-order chi connectivity index (χ1) is 7.95. The summed E-state index contributed by atoms with van der Waals surface area (Å²) >= 11 is 4.80. The van der Waals surface area contributed by atoms with Gasteiger partial charge in [-0.05, 0) is 28.4 Å². The van der Waals surface area contributed by atoms with Crippen molar-refractivity contribution < 1.29 is 13.5 Å². The van der Waals surface area contributed by atoms with Crippen molar-refractivity contribution in [2.24, 2.45) is 0 Å². The second-order valence-corrected chi connectivity index (χ2v) is 7.23. The number of thiophene rings is 1. The van der Waals surface area contributed by atoms with E-state index in [1.807, 2.05) is 11.4 Å². The Morgan fingerprint density at radius 2 is 2.29 bits per heavy atom. The van der Waals surface area contributed by atoms with E-state index in [2.05, 4.69) is 20.7 Å². The lowest BCUT2D eigenvalue weighted by Crippen LogP contribution is -2.38. The van der Waals surface area contributed by atoms with Gasteiger partial charge in [0.05, 0.1) is 0 Å². The molecular formula is C9H15BrN2O3S2. The Bertz CT molecular complexity index is 447. The van der Waals surface area contributed by atoms with Crippen LogP contribution >= 0.6 is 27.3 Å². The van der Waals surface area contributed by atoms with E-state index in [1.165, 1.54) is 22.7 Å². The minimum Gasteiger partial charge on any atom is -0.396 e. The molecule has 0 radical (unpaired) electrons. The predicted octanol–water partition coefficient (Wildman–Crippen LogP) is 1.16. The highest BCUT2D eigenvalue weighted by atomic mass is 79.9. The van der Waals surface area contributed by atoms with Crippen LogP contribution in [-0.2, 0) is 16.8 Å². The summed E-state index contributed by atoms with van der Waals surface area (Å²) < 4.78 is 28.1. The van der Waals surface area contributed by atoms with Gasteiger partial charge in [0.1, 0.15) is 0 Å². The molecule has 0 aliphatic carbocycles. The zero-order valence-electron chi connectivity index (χ0n) is 9.39. The van der Waals surface area contributed by atoms with Crippen molar-refractivity contribution >= 4 is 37.5 Å². The van der Waals surface area contributed by atoms with Crippen LogP contribution in [0.5, 0.6) is 0 Å². The standard InChI is InChI=1S/C9H15BrN2O3S2/c1-12(3-2-4-13)17(14,15)11-6-9-5-8(10)7-16-9/h5,7,11,13H,2-4,6H2,1H3. The average molecular weight is 343 g/mol. The van der Waals surface area contributed by atoms with Gasteiger partial charge in [-0.2, -0.15) is 17.4 Å². The van der Waals surface area contributed by atoms with E-state index in [1.54, 1.807) is 0 Å². The first-order valence-electron chi connectivity index (χ1n) is 5.00. The molecule has 0 atom stereocenters. The Morgan fingerprint density at radius 3 is 2.82 bits per heavy atom. The van der Waals surface area contributed by atoms with Gasteiger partial charge < -0.3 is 5.11 Å². The summed E-state index contributed by atoms with van der Waals surface area (Å²) in [5.41, 5.74) is 0. The van der Waals surface area contributed by atoms with Crippen LogP contribution in [-0.4, -0.2) is 38.0 Å². The fourth-order valence-corrected chi connectivity index (χ4v) is 3.54. The third-order valence-corrected chi connectivity index (χ3v) is 5.30. The second-order valence-electron chi connectivity index (χ2n) is 3.46. The molecule has 8 heteroatoms. The summed E-state index contributed by atoms with van der Waals surface area (Å²) in [5, 5.41) is 10.5. The number of nitrogens with zero attached hydrogens (tertiary/aromatic N) is 1. The van der Waals surface area contributed by atoms with Gasteiger partial charge in [0.2, 0.25) is 0 Å². The average Bonchev–Trinajstić information content (AvgIpc) is 2.69. The fraction of sp³-hybridized carbons (Fsp3) is 0.556. The highest BCUT2D eigenvalue weighted by Gasteiger charge is 2.16. The molecule has 1 rings (SSSR count). The number of nitrogens with one attached hydrogen (secondary N) is 1. The molecule has 0 bridgehead atoms. The SMILES string of the molecule is CN(CCCO)S(=O)(=O)NCc1cc(Br)cs1. The molecule has 0 aliphatic rings. The van der Waals surface area contributed by atoms with Gasteiger partial charge in [-0.25, -0.2) is 0 Å². The fourth-order valence-electron chi connectivity index (χ4n) is 1.13. The van der Waals surface area contributed by atoms with Crippen LogP contribution in [0.25, 0.3) is 0 Å². The van der Waals surface area contributed by atoms with Crippen molar-refractivity contribution in [1.29, 1.82) is 0 Å². The van der Waals surface area contributed by atoms with Gasteiger partial charge >= 0.3 is 0 Å². The zero-order valence-corrected chi connectivity index (χ0v) is 12.6. The minimum atomic E-state index is -3.46. The van der Waals surface area contributed by atoms with Gasteiger partial charge in [0, 0.05) is 41.5 Å². The lowest BCUT2D eigenvalue weighted by Gasteiger charge is -2.16. The first kappa shape index (κ1) is 15.1. The molecule has 17 heavy (non-hydrogen) atoms. The van der Waals surface area contributed by atoms with E-state index >= 15 is 0 Å². The third-order valence-electron chi connectivity index (χ3n) is 2.09. The molecule has 5 nitrogen and oxygen atoms in total. The smallest absolute Gasteiger partial charge is 0.279 e. The monoisotopic (exact) mass is 342 g/mol. The topological polar surface area (TPSA) is 69.6 Å². The molecule has 0 saturated carbocycles. The van der Waals surface area contributed by atoms with Crippen molar-refractivity contribution in [2.45, 2.75) is 13.0 Å². The maximum atomic E-state index is 11.7. The van der Waals surface area contributed by atoms with Crippen LogP contribution in [0.3, 0.4) is 0 Å². The van der Waals surface area contributed by atoms with E-state index < -0.39 is 10.2 Å². The molecule has 0 amide bonds. The van der Waals surface area contributed by atoms with E-state index in [-0.39, 0.29) is 13.2 Å². The molecule has 0 spiro atoms. The second kappa shape index (κ2) is 6.81. The predicted molar refractivity (Wildman–Crippen MR) is 72.1 cm³/mol. The molecule has 0 fully saturated rings. The van der Waals surface area contributed by atoms with E-state index in [4.69, 9.17) is 5.11 Å². The molecule has 2 N–H and O–H groups in total. The summed E-state index contributed by atoms with van der Waals surface area (Å²) in [6.07, 6.45) is 0.433. The summed E-state index contributed by atoms with van der Waals surface area (Å²) in [6.45, 7) is 0.569. The van der Waals surface area contributed by atoms with Crippen molar-refractivity contribution in [2.75, 3.05) is 20.2 Å². The summed E-state index contributed by atoms with van der Waals surface area (Å²) in [4.78, 5) is 0.941. The van der Waals surface area contributed by atoms with E-state index in [9.17, 15) is 8.42 Å². The molecule has 0 unspecified atom stereocenters. The van der Waals surface area contributed by atoms with Gasteiger partial charge in [-0.15, -0.1) is 11.3 Å². The summed E-state index contributed by atoms with van der Waals surface area (Å²) in [6, 6.07) is 1.88. The summed E-state index contributed by atoms with van der Waals surface area (Å²) in [7, 11) is -1.97. The third kappa shape index (κ3) is 5.02. The minimum absolute atomic E-state index is 0.0161. The lowest BCUT2D eigenvalue weighted by atomic mass is 10.5. The molecule has 0 aromatic carbocycles. The van der Waals surface area contributed by atoms with Crippen molar-refractivity contribution in [3.8, 4) is 0 Å². The molecule has 1 aromatic heterocycles. The van der Waals surface area contributed by atoms with Gasteiger partial charge in [0.25, 0.3) is 10.2 Å². The van der Waals surface area contributed by atoms with Crippen LogP contribution < -0.4 is 4.72 Å². The first-order valence-corrected chi connectivity index (χ1v) is 8.11. The molecular weight excluding hydrogens is 328 g/mol. The van der Waals surface area contributed by atoms with Crippen molar-refractivity contribution in [1.82, 2.24) is 9.03 Å². The number of hydrogen-bond donors (Lipinski definition) is 2. The van der Waals surface area contributed by atoms with Gasteiger partial charge in [-0.3, -0.25) is 0 Å². The highest BCUT2D eigenvalue weighted by Crippen LogP contribution is 2.19. The van der Waals surface area contributed by atoms with Gasteiger partial charge in [-0.1, -0.05) is 0 Å². The normalized spacial score (nSPS) is 12.2. The van der Waals surface area contributed by atoms with Crippen LogP contribution in [0.15, 0.2) is 15.9 Å². The van der Waals surface area contributed by atoms with Crippen molar-refractivity contribution in [3.63, 3.8) is 0 Å². The van der Waals surface area contributed by atoms with E-state index in [0.717, 1.165) is 9.35 Å². The highest BCUT2D eigenvalue weighted by molar-refractivity contribution is 9.10. The van der Waals surface area contributed by atoms with Gasteiger partial charge in [0.15, 0.2) is 0 Å². The number of aliphatic hydroxyl groups is 1. The quantitative estimate of drug-likeness (QED) is 0.781.